The molecule has 0 saturated heterocycles. The Kier molecular flexibility index (Phi) is 5.40. The highest BCUT2D eigenvalue weighted by atomic mass is 32.1. The zero-order chi connectivity index (χ0) is 17.6. The molecule has 0 bridgehead atoms. The van der Waals surface area contributed by atoms with Crippen LogP contribution in [-0.4, -0.2) is 17.5 Å². The number of aromatic nitrogens is 1. The number of rotatable bonds is 6. The minimum atomic E-state index is -0.404. The lowest BCUT2D eigenvalue weighted by Gasteiger charge is -2.05. The number of anilines is 1. The van der Waals surface area contributed by atoms with Crippen LogP contribution in [0.2, 0.25) is 0 Å². The molecule has 1 heterocycles. The molecular weight excluding hydrogens is 339 g/mol. The van der Waals surface area contributed by atoms with E-state index in [1.165, 1.54) is 40.7 Å². The van der Waals surface area contributed by atoms with Gasteiger partial charge in [0.05, 0.1) is 0 Å². The summed E-state index contributed by atoms with van der Waals surface area (Å²) >= 11 is 1.43. The molecule has 0 atom stereocenters. The SMILES string of the molecule is Cc1cccc(Cc2cnc(NC(=O)COc3cccc(F)c3)s2)c1. The van der Waals surface area contributed by atoms with E-state index in [0.717, 1.165) is 11.3 Å². The number of aryl methyl sites for hydroxylation is 1. The summed E-state index contributed by atoms with van der Waals surface area (Å²) in [5, 5.41) is 3.22. The van der Waals surface area contributed by atoms with Gasteiger partial charge in [-0.25, -0.2) is 9.37 Å². The quantitative estimate of drug-likeness (QED) is 0.720. The van der Waals surface area contributed by atoms with Gasteiger partial charge in [0.2, 0.25) is 0 Å². The van der Waals surface area contributed by atoms with E-state index >= 15 is 0 Å². The van der Waals surface area contributed by atoms with Gasteiger partial charge in [-0.15, -0.1) is 11.3 Å². The Labute approximate surface area is 149 Å². The topological polar surface area (TPSA) is 51.2 Å². The van der Waals surface area contributed by atoms with E-state index < -0.39 is 5.82 Å². The molecule has 2 aromatic carbocycles. The highest BCUT2D eigenvalue weighted by Gasteiger charge is 2.08. The number of amides is 1. The maximum Gasteiger partial charge on any atom is 0.264 e. The maximum absolute atomic E-state index is 13.1. The first-order chi connectivity index (χ1) is 12.1. The molecule has 0 aliphatic carbocycles. The van der Waals surface area contributed by atoms with Crippen LogP contribution in [0.1, 0.15) is 16.0 Å². The minimum Gasteiger partial charge on any atom is -0.484 e. The van der Waals surface area contributed by atoms with Crippen molar-refractivity contribution >= 4 is 22.4 Å². The lowest BCUT2D eigenvalue weighted by atomic mass is 10.1. The predicted octanol–water partition coefficient (Wildman–Crippen LogP) is 4.20. The van der Waals surface area contributed by atoms with Gasteiger partial charge in [-0.1, -0.05) is 35.9 Å². The van der Waals surface area contributed by atoms with Crippen molar-refractivity contribution in [3.8, 4) is 5.75 Å². The van der Waals surface area contributed by atoms with Crippen molar-refractivity contribution in [2.75, 3.05) is 11.9 Å². The van der Waals surface area contributed by atoms with E-state index in [0.29, 0.717) is 10.9 Å². The van der Waals surface area contributed by atoms with Crippen molar-refractivity contribution in [2.24, 2.45) is 0 Å². The number of thiazole rings is 1. The van der Waals surface area contributed by atoms with E-state index in [4.69, 9.17) is 4.74 Å². The zero-order valence-electron chi connectivity index (χ0n) is 13.7. The second kappa shape index (κ2) is 7.90. The molecule has 3 aromatic rings. The van der Waals surface area contributed by atoms with Gasteiger partial charge in [0.25, 0.3) is 5.91 Å². The number of hydrogen-bond acceptors (Lipinski definition) is 4. The molecule has 0 saturated carbocycles. The number of nitrogens with zero attached hydrogens (tertiary/aromatic N) is 1. The molecule has 3 rings (SSSR count). The molecule has 128 valence electrons. The molecule has 25 heavy (non-hydrogen) atoms. The first-order valence-electron chi connectivity index (χ1n) is 7.77. The lowest BCUT2D eigenvalue weighted by Crippen LogP contribution is -2.20. The summed E-state index contributed by atoms with van der Waals surface area (Å²) in [6.07, 6.45) is 2.53. The first-order valence-corrected chi connectivity index (χ1v) is 8.58. The Morgan fingerprint density at radius 1 is 1.24 bits per heavy atom. The summed E-state index contributed by atoms with van der Waals surface area (Å²) in [6, 6.07) is 14.0. The van der Waals surface area contributed by atoms with Gasteiger partial charge < -0.3 is 4.74 Å². The van der Waals surface area contributed by atoms with Crippen LogP contribution in [0.5, 0.6) is 5.75 Å². The van der Waals surface area contributed by atoms with Gasteiger partial charge in [0.15, 0.2) is 11.7 Å². The first kappa shape index (κ1) is 17.1. The molecule has 0 spiro atoms. The molecule has 0 radical (unpaired) electrons. The highest BCUT2D eigenvalue weighted by Crippen LogP contribution is 2.21. The number of hydrogen-bond donors (Lipinski definition) is 1. The van der Waals surface area contributed by atoms with Crippen molar-refractivity contribution < 1.29 is 13.9 Å². The van der Waals surface area contributed by atoms with Gasteiger partial charge in [-0.3, -0.25) is 10.1 Å². The fourth-order valence-corrected chi connectivity index (χ4v) is 3.19. The molecule has 1 N–H and O–H groups in total. The van der Waals surface area contributed by atoms with Crippen LogP contribution in [0.4, 0.5) is 9.52 Å². The fourth-order valence-electron chi connectivity index (χ4n) is 2.33. The molecule has 0 aliphatic rings. The Hall–Kier alpha value is -2.73. The smallest absolute Gasteiger partial charge is 0.264 e. The Balaban J connectivity index is 1.53. The van der Waals surface area contributed by atoms with Gasteiger partial charge in [-0.05, 0) is 24.6 Å². The maximum atomic E-state index is 13.1. The molecule has 0 aliphatic heterocycles. The van der Waals surface area contributed by atoms with Crippen LogP contribution < -0.4 is 10.1 Å². The summed E-state index contributed by atoms with van der Waals surface area (Å²) in [5.74, 6) is -0.422. The van der Waals surface area contributed by atoms with E-state index in [1.54, 1.807) is 12.3 Å². The van der Waals surface area contributed by atoms with Gasteiger partial charge >= 0.3 is 0 Å². The second-order valence-electron chi connectivity index (χ2n) is 5.59. The van der Waals surface area contributed by atoms with Crippen LogP contribution in [0.25, 0.3) is 0 Å². The molecule has 6 heteroatoms. The summed E-state index contributed by atoms with van der Waals surface area (Å²) in [4.78, 5) is 17.2. The number of carbonyl (C=O) groups excluding carboxylic acids is 1. The molecule has 4 nitrogen and oxygen atoms in total. The molecule has 0 unspecified atom stereocenters. The molecule has 0 fully saturated rings. The Morgan fingerprint density at radius 3 is 2.88 bits per heavy atom. The highest BCUT2D eigenvalue weighted by molar-refractivity contribution is 7.15. The number of halogens is 1. The largest absolute Gasteiger partial charge is 0.484 e. The second-order valence-corrected chi connectivity index (χ2v) is 6.71. The normalized spacial score (nSPS) is 10.5. The standard InChI is InChI=1S/C19H17FN2O2S/c1-13-4-2-5-14(8-13)9-17-11-21-19(25-17)22-18(23)12-24-16-7-3-6-15(20)10-16/h2-8,10-11H,9,12H2,1H3,(H,21,22,23). The average Bonchev–Trinajstić information content (AvgIpc) is 3.00. The van der Waals surface area contributed by atoms with E-state index in [-0.39, 0.29) is 12.5 Å². The van der Waals surface area contributed by atoms with E-state index in [2.05, 4.69) is 35.4 Å². The van der Waals surface area contributed by atoms with Crippen LogP contribution >= 0.6 is 11.3 Å². The van der Waals surface area contributed by atoms with Crippen LogP contribution in [0, 0.1) is 12.7 Å². The monoisotopic (exact) mass is 356 g/mol. The number of nitrogens with one attached hydrogen (secondary N) is 1. The number of ether oxygens (including phenoxy) is 1. The third-order valence-corrected chi connectivity index (χ3v) is 4.34. The minimum absolute atomic E-state index is 0.198. The van der Waals surface area contributed by atoms with Crippen molar-refractivity contribution in [1.29, 1.82) is 0 Å². The number of carbonyl (C=O) groups is 1. The van der Waals surface area contributed by atoms with Crippen LogP contribution in [-0.2, 0) is 11.2 Å². The van der Waals surface area contributed by atoms with E-state index in [1.807, 2.05) is 6.07 Å². The summed E-state index contributed by atoms with van der Waals surface area (Å²) in [5.41, 5.74) is 2.42. The van der Waals surface area contributed by atoms with Crippen molar-refractivity contribution in [2.45, 2.75) is 13.3 Å². The molecule has 1 amide bonds. The van der Waals surface area contributed by atoms with Crippen LogP contribution in [0.15, 0.2) is 54.7 Å². The van der Waals surface area contributed by atoms with Gasteiger partial charge in [-0.2, -0.15) is 0 Å². The van der Waals surface area contributed by atoms with Gasteiger partial charge in [0.1, 0.15) is 11.6 Å². The fraction of sp³-hybridized carbons (Fsp3) is 0.158. The lowest BCUT2D eigenvalue weighted by molar-refractivity contribution is -0.118. The Bertz CT molecular complexity index is 879. The average molecular weight is 356 g/mol. The molecular formula is C19H17FN2O2S. The summed E-state index contributed by atoms with van der Waals surface area (Å²) in [6.45, 7) is 1.86. The molecule has 1 aromatic heterocycles. The van der Waals surface area contributed by atoms with Crippen molar-refractivity contribution in [3.05, 3.63) is 76.5 Å². The summed E-state index contributed by atoms with van der Waals surface area (Å²) in [7, 11) is 0. The van der Waals surface area contributed by atoms with Crippen molar-refractivity contribution in [3.63, 3.8) is 0 Å². The third kappa shape index (κ3) is 5.12. The number of benzene rings is 2. The van der Waals surface area contributed by atoms with E-state index in [9.17, 15) is 9.18 Å². The third-order valence-electron chi connectivity index (χ3n) is 3.43. The van der Waals surface area contributed by atoms with Crippen molar-refractivity contribution in [1.82, 2.24) is 4.98 Å². The van der Waals surface area contributed by atoms with Gasteiger partial charge in [0, 0.05) is 23.6 Å². The zero-order valence-corrected chi connectivity index (χ0v) is 14.5. The predicted molar refractivity (Wildman–Crippen MR) is 96.6 cm³/mol. The van der Waals surface area contributed by atoms with Crippen LogP contribution in [0.3, 0.4) is 0 Å². The Morgan fingerprint density at radius 2 is 2.08 bits per heavy atom. The summed E-state index contributed by atoms with van der Waals surface area (Å²) < 4.78 is 18.3.